The van der Waals surface area contributed by atoms with Crippen molar-refractivity contribution in [1.29, 1.82) is 0 Å². The van der Waals surface area contributed by atoms with Gasteiger partial charge in [0.2, 0.25) is 0 Å². The van der Waals surface area contributed by atoms with Crippen LogP contribution in [0.15, 0.2) is 42.5 Å². The summed E-state index contributed by atoms with van der Waals surface area (Å²) < 4.78 is 32.1. The number of hydrogen-bond donors (Lipinski definition) is 1. The predicted octanol–water partition coefficient (Wildman–Crippen LogP) is 4.54. The highest BCUT2D eigenvalue weighted by molar-refractivity contribution is 5.48. The molecule has 0 amide bonds. The Bertz CT molecular complexity index is 586. The van der Waals surface area contributed by atoms with E-state index in [1.807, 2.05) is 38.1 Å². The van der Waals surface area contributed by atoms with Crippen LogP contribution in [-0.2, 0) is 0 Å². The fourth-order valence-corrected chi connectivity index (χ4v) is 2.04. The lowest BCUT2D eigenvalue weighted by Crippen LogP contribution is -2.10. The standard InChI is InChI=1S/C16H17F2NO/c1-3-20-16-7-5-4-6-13(16)11(2)19-15-9-8-12(17)10-14(15)18/h4-11,19H,3H2,1-2H3. The number of nitrogens with one attached hydrogen (secondary N) is 1. The van der Waals surface area contributed by atoms with Crippen molar-refractivity contribution < 1.29 is 13.5 Å². The lowest BCUT2D eigenvalue weighted by Gasteiger charge is -2.19. The number of rotatable bonds is 5. The average Bonchev–Trinajstić information content (AvgIpc) is 2.43. The third-order valence-electron chi connectivity index (χ3n) is 2.99. The Balaban J connectivity index is 2.21. The van der Waals surface area contributed by atoms with Crippen molar-refractivity contribution in [1.82, 2.24) is 0 Å². The van der Waals surface area contributed by atoms with Crippen molar-refractivity contribution in [2.75, 3.05) is 11.9 Å². The van der Waals surface area contributed by atoms with Gasteiger partial charge in [0.15, 0.2) is 0 Å². The summed E-state index contributed by atoms with van der Waals surface area (Å²) >= 11 is 0. The van der Waals surface area contributed by atoms with Crippen LogP contribution in [0, 0.1) is 11.6 Å². The molecule has 0 aliphatic rings. The topological polar surface area (TPSA) is 21.3 Å². The normalized spacial score (nSPS) is 12.0. The highest BCUT2D eigenvalue weighted by Crippen LogP contribution is 2.28. The van der Waals surface area contributed by atoms with Crippen molar-refractivity contribution in [3.63, 3.8) is 0 Å². The maximum Gasteiger partial charge on any atom is 0.149 e. The smallest absolute Gasteiger partial charge is 0.149 e. The quantitative estimate of drug-likeness (QED) is 0.866. The molecule has 20 heavy (non-hydrogen) atoms. The molecule has 0 heterocycles. The van der Waals surface area contributed by atoms with Gasteiger partial charge in [0.25, 0.3) is 0 Å². The number of ether oxygens (including phenoxy) is 1. The van der Waals surface area contributed by atoms with Crippen LogP contribution >= 0.6 is 0 Å². The van der Waals surface area contributed by atoms with Crippen LogP contribution in [0.4, 0.5) is 14.5 Å². The second-order valence-electron chi connectivity index (χ2n) is 4.46. The molecular formula is C16H17F2NO. The molecule has 1 unspecified atom stereocenters. The van der Waals surface area contributed by atoms with Gasteiger partial charge < -0.3 is 10.1 Å². The maximum atomic E-state index is 13.6. The first-order valence-electron chi connectivity index (χ1n) is 6.55. The minimum atomic E-state index is -0.606. The van der Waals surface area contributed by atoms with Crippen molar-refractivity contribution in [2.24, 2.45) is 0 Å². The van der Waals surface area contributed by atoms with Gasteiger partial charge in [-0.15, -0.1) is 0 Å². The Kier molecular flexibility index (Phi) is 4.56. The van der Waals surface area contributed by atoms with E-state index in [-0.39, 0.29) is 11.7 Å². The van der Waals surface area contributed by atoms with E-state index in [4.69, 9.17) is 4.74 Å². The first-order valence-corrected chi connectivity index (χ1v) is 6.55. The molecule has 0 saturated carbocycles. The minimum absolute atomic E-state index is 0.155. The van der Waals surface area contributed by atoms with E-state index in [1.54, 1.807) is 0 Å². The molecule has 0 aromatic heterocycles. The summed E-state index contributed by atoms with van der Waals surface area (Å²) in [5, 5.41) is 3.03. The number of para-hydroxylation sites is 1. The van der Waals surface area contributed by atoms with Crippen LogP contribution in [0.2, 0.25) is 0 Å². The maximum absolute atomic E-state index is 13.6. The predicted molar refractivity (Wildman–Crippen MR) is 76.0 cm³/mol. The molecule has 2 aromatic carbocycles. The highest BCUT2D eigenvalue weighted by Gasteiger charge is 2.13. The van der Waals surface area contributed by atoms with E-state index in [0.29, 0.717) is 6.61 Å². The van der Waals surface area contributed by atoms with E-state index in [0.717, 1.165) is 17.4 Å². The summed E-state index contributed by atoms with van der Waals surface area (Å²) in [6.45, 7) is 4.38. The molecule has 0 spiro atoms. The Morgan fingerprint density at radius 1 is 1.15 bits per heavy atom. The lowest BCUT2D eigenvalue weighted by molar-refractivity contribution is 0.335. The van der Waals surface area contributed by atoms with Gasteiger partial charge >= 0.3 is 0 Å². The largest absolute Gasteiger partial charge is 0.494 e. The first kappa shape index (κ1) is 14.3. The summed E-state index contributed by atoms with van der Waals surface area (Å²) in [6.07, 6.45) is 0. The first-order chi connectivity index (χ1) is 9.61. The molecule has 2 rings (SSSR count). The van der Waals surface area contributed by atoms with Gasteiger partial charge in [0.1, 0.15) is 17.4 Å². The fraction of sp³-hybridized carbons (Fsp3) is 0.250. The van der Waals surface area contributed by atoms with E-state index >= 15 is 0 Å². The van der Waals surface area contributed by atoms with Gasteiger partial charge in [0.05, 0.1) is 18.3 Å². The van der Waals surface area contributed by atoms with Crippen LogP contribution in [0.3, 0.4) is 0 Å². The summed E-state index contributed by atoms with van der Waals surface area (Å²) in [4.78, 5) is 0. The van der Waals surface area contributed by atoms with E-state index in [9.17, 15) is 8.78 Å². The van der Waals surface area contributed by atoms with Crippen molar-refractivity contribution in [3.05, 3.63) is 59.7 Å². The molecule has 4 heteroatoms. The second-order valence-corrected chi connectivity index (χ2v) is 4.46. The summed E-state index contributed by atoms with van der Waals surface area (Å²) in [5.41, 5.74) is 1.20. The molecular weight excluding hydrogens is 260 g/mol. The van der Waals surface area contributed by atoms with Crippen LogP contribution in [0.5, 0.6) is 5.75 Å². The van der Waals surface area contributed by atoms with Crippen LogP contribution in [0.25, 0.3) is 0 Å². The van der Waals surface area contributed by atoms with Gasteiger partial charge in [-0.1, -0.05) is 18.2 Å². The second kappa shape index (κ2) is 6.37. The molecule has 0 radical (unpaired) electrons. The zero-order valence-corrected chi connectivity index (χ0v) is 11.5. The zero-order valence-electron chi connectivity index (χ0n) is 11.5. The van der Waals surface area contributed by atoms with Gasteiger partial charge in [-0.2, -0.15) is 0 Å². The number of halogens is 2. The lowest BCUT2D eigenvalue weighted by atomic mass is 10.1. The van der Waals surface area contributed by atoms with E-state index < -0.39 is 11.6 Å². The van der Waals surface area contributed by atoms with Crippen molar-refractivity contribution in [3.8, 4) is 5.75 Å². The SMILES string of the molecule is CCOc1ccccc1C(C)Nc1ccc(F)cc1F. The number of anilines is 1. The molecule has 0 aliphatic carbocycles. The molecule has 1 N–H and O–H groups in total. The summed E-state index contributed by atoms with van der Waals surface area (Å²) in [5.74, 6) is -0.432. The Morgan fingerprint density at radius 3 is 2.60 bits per heavy atom. The number of benzene rings is 2. The van der Waals surface area contributed by atoms with E-state index in [2.05, 4.69) is 5.32 Å². The minimum Gasteiger partial charge on any atom is -0.494 e. The van der Waals surface area contributed by atoms with Gasteiger partial charge in [-0.25, -0.2) is 8.78 Å². The number of hydrogen-bond acceptors (Lipinski definition) is 2. The zero-order chi connectivity index (χ0) is 14.5. The molecule has 2 aromatic rings. The molecule has 0 bridgehead atoms. The van der Waals surface area contributed by atoms with Crippen molar-refractivity contribution in [2.45, 2.75) is 19.9 Å². The van der Waals surface area contributed by atoms with Crippen LogP contribution in [-0.4, -0.2) is 6.61 Å². The van der Waals surface area contributed by atoms with Gasteiger partial charge in [0, 0.05) is 11.6 Å². The fourth-order valence-electron chi connectivity index (χ4n) is 2.04. The Hall–Kier alpha value is -2.10. The summed E-state index contributed by atoms with van der Waals surface area (Å²) in [7, 11) is 0. The molecule has 0 fully saturated rings. The van der Waals surface area contributed by atoms with Gasteiger partial charge in [-0.05, 0) is 32.0 Å². The monoisotopic (exact) mass is 277 g/mol. The molecule has 106 valence electrons. The third kappa shape index (κ3) is 3.26. The van der Waals surface area contributed by atoms with Crippen LogP contribution in [0.1, 0.15) is 25.5 Å². The molecule has 0 saturated heterocycles. The summed E-state index contributed by atoms with van der Waals surface area (Å²) in [6, 6.07) is 10.9. The van der Waals surface area contributed by atoms with E-state index in [1.165, 1.54) is 12.1 Å². The molecule has 1 atom stereocenters. The third-order valence-corrected chi connectivity index (χ3v) is 2.99. The average molecular weight is 277 g/mol. The Labute approximate surface area is 117 Å². The van der Waals surface area contributed by atoms with Crippen LogP contribution < -0.4 is 10.1 Å². The molecule has 2 nitrogen and oxygen atoms in total. The molecule has 0 aliphatic heterocycles. The van der Waals surface area contributed by atoms with Crippen molar-refractivity contribution >= 4 is 5.69 Å². The highest BCUT2D eigenvalue weighted by atomic mass is 19.1. The van der Waals surface area contributed by atoms with Gasteiger partial charge in [-0.3, -0.25) is 0 Å². The Morgan fingerprint density at radius 2 is 1.90 bits per heavy atom.